The zero-order valence-electron chi connectivity index (χ0n) is 8.82. The van der Waals surface area contributed by atoms with Crippen LogP contribution in [0, 0.1) is 11.6 Å². The predicted molar refractivity (Wildman–Crippen MR) is 56.5 cm³/mol. The molecule has 0 radical (unpaired) electrons. The Morgan fingerprint density at radius 3 is 2.71 bits per heavy atom. The van der Waals surface area contributed by atoms with Gasteiger partial charge in [-0.2, -0.15) is 0 Å². The molecule has 0 spiro atoms. The van der Waals surface area contributed by atoms with Crippen LogP contribution in [0.25, 0.3) is 0 Å². The van der Waals surface area contributed by atoms with Crippen molar-refractivity contribution in [2.45, 2.75) is 6.42 Å². The van der Waals surface area contributed by atoms with Gasteiger partial charge in [-0.3, -0.25) is 0 Å². The highest BCUT2D eigenvalue weighted by molar-refractivity contribution is 5.25. The Hall–Kier alpha value is -2.11. The smallest absolute Gasteiger partial charge is 0.222 e. The molecule has 90 valence electrons. The fourth-order valence-corrected chi connectivity index (χ4v) is 1.29. The van der Waals surface area contributed by atoms with Crippen molar-refractivity contribution in [3.63, 3.8) is 0 Å². The Morgan fingerprint density at radius 2 is 2.06 bits per heavy atom. The number of rotatable bonds is 4. The molecule has 17 heavy (non-hydrogen) atoms. The largest absolute Gasteiger partial charge is 0.493 e. The lowest BCUT2D eigenvalue weighted by Gasteiger charge is -2.04. The minimum atomic E-state index is -0.937. The number of benzene rings is 1. The van der Waals surface area contributed by atoms with Crippen molar-refractivity contribution in [1.29, 1.82) is 0 Å². The lowest BCUT2D eigenvalue weighted by molar-refractivity contribution is 0.313. The topological polar surface area (TPSA) is 61.3 Å². The summed E-state index contributed by atoms with van der Waals surface area (Å²) in [5, 5.41) is 3.66. The first-order valence-corrected chi connectivity index (χ1v) is 4.94. The van der Waals surface area contributed by atoms with Gasteiger partial charge in [0.1, 0.15) is 5.75 Å². The molecule has 1 aromatic carbocycles. The molecule has 2 rings (SSSR count). The molecule has 0 amide bonds. The van der Waals surface area contributed by atoms with Crippen LogP contribution in [-0.4, -0.2) is 11.8 Å². The van der Waals surface area contributed by atoms with E-state index in [-0.39, 0.29) is 18.2 Å². The molecule has 0 aliphatic carbocycles. The molecule has 0 aliphatic rings. The minimum Gasteiger partial charge on any atom is -0.493 e. The first kappa shape index (κ1) is 11.4. The maximum atomic E-state index is 12.8. The Bertz CT molecular complexity index is 514. The number of nitrogen functional groups attached to an aromatic ring is 1. The fraction of sp³-hybridized carbons (Fsp3) is 0.182. The van der Waals surface area contributed by atoms with Crippen molar-refractivity contribution >= 4 is 5.88 Å². The molecule has 0 aliphatic heterocycles. The quantitative estimate of drug-likeness (QED) is 0.889. The monoisotopic (exact) mass is 240 g/mol. The summed E-state index contributed by atoms with van der Waals surface area (Å²) in [5.41, 5.74) is 5.98. The van der Waals surface area contributed by atoms with Crippen LogP contribution in [0.2, 0.25) is 0 Å². The van der Waals surface area contributed by atoms with E-state index in [1.807, 2.05) is 0 Å². The minimum absolute atomic E-state index is 0.229. The Morgan fingerprint density at radius 1 is 1.24 bits per heavy atom. The molecular formula is C11H10F2N2O2. The maximum Gasteiger partial charge on any atom is 0.222 e. The van der Waals surface area contributed by atoms with Gasteiger partial charge in [0.25, 0.3) is 0 Å². The predicted octanol–water partition coefficient (Wildman–Crippen LogP) is 2.16. The number of hydrogen-bond acceptors (Lipinski definition) is 4. The lowest BCUT2D eigenvalue weighted by Crippen LogP contribution is -2.02. The van der Waals surface area contributed by atoms with Crippen LogP contribution in [0.5, 0.6) is 5.75 Å². The molecular weight excluding hydrogens is 230 g/mol. The number of nitrogens with two attached hydrogens (primary N) is 1. The van der Waals surface area contributed by atoms with Crippen LogP contribution < -0.4 is 10.5 Å². The lowest BCUT2D eigenvalue weighted by atomic mass is 10.3. The molecule has 1 aromatic heterocycles. The summed E-state index contributed by atoms with van der Waals surface area (Å²) < 4.78 is 35.3. The summed E-state index contributed by atoms with van der Waals surface area (Å²) >= 11 is 0. The van der Waals surface area contributed by atoms with Crippen molar-refractivity contribution < 1.29 is 18.0 Å². The van der Waals surface area contributed by atoms with Crippen LogP contribution in [-0.2, 0) is 6.42 Å². The van der Waals surface area contributed by atoms with Crippen LogP contribution in [0.1, 0.15) is 5.69 Å². The second kappa shape index (κ2) is 4.82. The van der Waals surface area contributed by atoms with Crippen molar-refractivity contribution in [3.05, 3.63) is 41.6 Å². The SMILES string of the molecule is Nc1cc(CCOc2ccc(F)c(F)c2)no1. The maximum absolute atomic E-state index is 12.8. The van der Waals surface area contributed by atoms with Crippen LogP contribution >= 0.6 is 0 Å². The molecule has 0 atom stereocenters. The third-order valence-corrected chi connectivity index (χ3v) is 2.10. The first-order valence-electron chi connectivity index (χ1n) is 4.94. The third kappa shape index (κ3) is 2.93. The van der Waals surface area contributed by atoms with E-state index in [2.05, 4.69) is 9.68 Å². The van der Waals surface area contributed by atoms with Gasteiger partial charge < -0.3 is 15.0 Å². The summed E-state index contributed by atoms with van der Waals surface area (Å²) in [6.07, 6.45) is 0.472. The Labute approximate surface area is 96.0 Å². The highest BCUT2D eigenvalue weighted by Crippen LogP contribution is 2.15. The number of nitrogens with zero attached hydrogens (tertiary/aromatic N) is 1. The van der Waals surface area contributed by atoms with Crippen molar-refractivity contribution in [1.82, 2.24) is 5.16 Å². The summed E-state index contributed by atoms with van der Waals surface area (Å²) in [5.74, 6) is -1.34. The van der Waals surface area contributed by atoms with Gasteiger partial charge in [0.2, 0.25) is 5.88 Å². The number of ether oxygens (including phenoxy) is 1. The molecule has 0 bridgehead atoms. The summed E-state index contributed by atoms with van der Waals surface area (Å²) in [6.45, 7) is 0.275. The highest BCUT2D eigenvalue weighted by Gasteiger charge is 2.04. The number of anilines is 1. The summed E-state index contributed by atoms with van der Waals surface area (Å²) in [4.78, 5) is 0. The normalized spacial score (nSPS) is 10.5. The van der Waals surface area contributed by atoms with Crippen molar-refractivity contribution in [2.24, 2.45) is 0 Å². The highest BCUT2D eigenvalue weighted by atomic mass is 19.2. The van der Waals surface area contributed by atoms with Gasteiger partial charge in [0, 0.05) is 18.6 Å². The summed E-state index contributed by atoms with van der Waals surface area (Å²) in [6, 6.07) is 4.94. The fourth-order valence-electron chi connectivity index (χ4n) is 1.29. The van der Waals surface area contributed by atoms with Gasteiger partial charge >= 0.3 is 0 Å². The van der Waals surface area contributed by atoms with Crippen LogP contribution in [0.3, 0.4) is 0 Å². The number of aromatic nitrogens is 1. The van der Waals surface area contributed by atoms with Gasteiger partial charge in [-0.05, 0) is 12.1 Å². The molecule has 0 unspecified atom stereocenters. The molecule has 6 heteroatoms. The number of halogens is 2. The van der Waals surface area contributed by atoms with Crippen molar-refractivity contribution in [3.8, 4) is 5.75 Å². The molecule has 0 saturated heterocycles. The molecule has 4 nitrogen and oxygen atoms in total. The van der Waals surface area contributed by atoms with Crippen LogP contribution in [0.15, 0.2) is 28.8 Å². The van der Waals surface area contributed by atoms with E-state index < -0.39 is 11.6 Å². The molecule has 2 aromatic rings. The second-order valence-corrected chi connectivity index (χ2v) is 3.39. The van der Waals surface area contributed by atoms with E-state index in [4.69, 9.17) is 10.5 Å². The van der Waals surface area contributed by atoms with E-state index in [0.29, 0.717) is 12.1 Å². The standard InChI is InChI=1S/C11H10F2N2O2/c12-9-2-1-8(6-10(9)13)16-4-3-7-5-11(14)17-15-7/h1-2,5-6H,3-4,14H2. The zero-order chi connectivity index (χ0) is 12.3. The zero-order valence-corrected chi connectivity index (χ0v) is 8.82. The van der Waals surface area contributed by atoms with Gasteiger partial charge in [0.15, 0.2) is 11.6 Å². The molecule has 0 saturated carbocycles. The van der Waals surface area contributed by atoms with E-state index in [9.17, 15) is 8.78 Å². The van der Waals surface area contributed by atoms with Crippen molar-refractivity contribution in [2.75, 3.05) is 12.3 Å². The van der Waals surface area contributed by atoms with E-state index >= 15 is 0 Å². The Balaban J connectivity index is 1.87. The molecule has 1 heterocycles. The molecule has 2 N–H and O–H groups in total. The Kier molecular flexibility index (Phi) is 3.22. The second-order valence-electron chi connectivity index (χ2n) is 3.39. The van der Waals surface area contributed by atoms with Gasteiger partial charge in [-0.1, -0.05) is 5.16 Å². The van der Waals surface area contributed by atoms with E-state index in [1.54, 1.807) is 6.07 Å². The van der Waals surface area contributed by atoms with E-state index in [0.717, 1.165) is 12.1 Å². The van der Waals surface area contributed by atoms with E-state index in [1.165, 1.54) is 6.07 Å². The van der Waals surface area contributed by atoms with Crippen LogP contribution in [0.4, 0.5) is 14.7 Å². The van der Waals surface area contributed by atoms with Gasteiger partial charge in [-0.25, -0.2) is 8.78 Å². The average Bonchev–Trinajstić information content (AvgIpc) is 2.70. The third-order valence-electron chi connectivity index (χ3n) is 2.10. The molecule has 0 fully saturated rings. The first-order chi connectivity index (χ1) is 8.15. The summed E-state index contributed by atoms with van der Waals surface area (Å²) in [7, 11) is 0. The van der Waals surface area contributed by atoms with Gasteiger partial charge in [-0.15, -0.1) is 0 Å². The van der Waals surface area contributed by atoms with Gasteiger partial charge in [0.05, 0.1) is 12.3 Å². The average molecular weight is 240 g/mol. The number of hydrogen-bond donors (Lipinski definition) is 1.